The van der Waals surface area contributed by atoms with Crippen LogP contribution >= 0.6 is 46.4 Å². The van der Waals surface area contributed by atoms with Gasteiger partial charge in [-0.3, -0.25) is 0 Å². The third-order valence-electron chi connectivity index (χ3n) is 3.07. The first-order valence-corrected chi connectivity index (χ1v) is 7.57. The van der Waals surface area contributed by atoms with E-state index >= 15 is 0 Å². The van der Waals surface area contributed by atoms with Crippen molar-refractivity contribution in [3.05, 3.63) is 61.5 Å². The van der Waals surface area contributed by atoms with Crippen LogP contribution in [0.15, 0.2) is 30.3 Å². The second-order valence-corrected chi connectivity index (χ2v) is 6.19. The van der Waals surface area contributed by atoms with Crippen molar-refractivity contribution in [2.24, 2.45) is 0 Å². The maximum Gasteiger partial charge on any atom is 0.0644 e. The Bertz CT molecular complexity index is 640. The maximum absolute atomic E-state index is 6.22. The van der Waals surface area contributed by atoms with Crippen molar-refractivity contribution in [3.8, 4) is 0 Å². The molecule has 1 atom stereocenters. The molecule has 2 rings (SSSR count). The zero-order valence-corrected chi connectivity index (χ0v) is 14.0. The Morgan fingerprint density at radius 1 is 0.950 bits per heavy atom. The number of halogens is 4. The van der Waals surface area contributed by atoms with Crippen molar-refractivity contribution in [1.29, 1.82) is 0 Å². The number of anilines is 1. The molecule has 0 saturated heterocycles. The average Bonchev–Trinajstić information content (AvgIpc) is 2.39. The zero-order valence-electron chi connectivity index (χ0n) is 11.0. The molecule has 2 aromatic rings. The number of aryl methyl sites for hydroxylation is 1. The highest BCUT2D eigenvalue weighted by Crippen LogP contribution is 2.34. The van der Waals surface area contributed by atoms with Crippen LogP contribution in [0.3, 0.4) is 0 Å². The lowest BCUT2D eigenvalue weighted by molar-refractivity contribution is 0.885. The predicted molar refractivity (Wildman–Crippen MR) is 89.7 cm³/mol. The maximum atomic E-state index is 6.22. The second-order valence-electron chi connectivity index (χ2n) is 4.59. The predicted octanol–water partition coefficient (Wildman–Crippen LogP) is 6.78. The smallest absolute Gasteiger partial charge is 0.0644 e. The Kier molecular flexibility index (Phi) is 5.09. The van der Waals surface area contributed by atoms with Crippen molar-refractivity contribution in [1.82, 2.24) is 0 Å². The first-order chi connectivity index (χ1) is 9.40. The zero-order chi connectivity index (χ0) is 14.9. The Balaban J connectivity index is 2.30. The van der Waals surface area contributed by atoms with E-state index in [0.29, 0.717) is 20.1 Å². The highest BCUT2D eigenvalue weighted by atomic mass is 35.5. The SMILES string of the molecule is Cc1cc(Cl)c(NC(C)c2cccc(Cl)c2Cl)cc1Cl. The van der Waals surface area contributed by atoms with Crippen LogP contribution in [0.1, 0.15) is 24.1 Å². The number of hydrogen-bond donors (Lipinski definition) is 1. The van der Waals surface area contributed by atoms with Gasteiger partial charge in [0.1, 0.15) is 0 Å². The first-order valence-electron chi connectivity index (χ1n) is 6.06. The summed E-state index contributed by atoms with van der Waals surface area (Å²) in [6, 6.07) is 9.15. The van der Waals surface area contributed by atoms with E-state index in [2.05, 4.69) is 5.32 Å². The summed E-state index contributed by atoms with van der Waals surface area (Å²) in [4.78, 5) is 0. The van der Waals surface area contributed by atoms with Crippen molar-refractivity contribution in [2.75, 3.05) is 5.32 Å². The van der Waals surface area contributed by atoms with Crippen LogP contribution < -0.4 is 5.32 Å². The summed E-state index contributed by atoms with van der Waals surface area (Å²) in [6.07, 6.45) is 0. The van der Waals surface area contributed by atoms with Gasteiger partial charge in [0.2, 0.25) is 0 Å². The standard InChI is InChI=1S/C15H13Cl4N/c1-8-6-13(18)14(7-12(8)17)20-9(2)10-4-3-5-11(16)15(10)19/h3-7,9,20H,1-2H3. The molecule has 2 aromatic carbocycles. The minimum atomic E-state index is -0.0440. The Hall–Kier alpha value is -0.600. The first kappa shape index (κ1) is 15.8. The van der Waals surface area contributed by atoms with Gasteiger partial charge in [-0.15, -0.1) is 0 Å². The second kappa shape index (κ2) is 6.44. The molecule has 0 aromatic heterocycles. The van der Waals surface area contributed by atoms with Crippen molar-refractivity contribution in [3.63, 3.8) is 0 Å². The molecule has 5 heteroatoms. The lowest BCUT2D eigenvalue weighted by Crippen LogP contribution is -2.08. The van der Waals surface area contributed by atoms with Crippen molar-refractivity contribution in [2.45, 2.75) is 19.9 Å². The number of hydrogen-bond acceptors (Lipinski definition) is 1. The molecule has 0 amide bonds. The van der Waals surface area contributed by atoms with Crippen LogP contribution in [0.2, 0.25) is 20.1 Å². The van der Waals surface area contributed by atoms with Crippen LogP contribution in [0.25, 0.3) is 0 Å². The van der Waals surface area contributed by atoms with Gasteiger partial charge in [0.05, 0.1) is 26.8 Å². The fourth-order valence-corrected chi connectivity index (χ4v) is 2.83. The van der Waals surface area contributed by atoms with Gasteiger partial charge in [0, 0.05) is 5.02 Å². The molecule has 20 heavy (non-hydrogen) atoms. The number of rotatable bonds is 3. The minimum Gasteiger partial charge on any atom is -0.377 e. The fourth-order valence-electron chi connectivity index (χ4n) is 1.92. The third kappa shape index (κ3) is 3.35. The molecule has 0 bridgehead atoms. The molecule has 0 heterocycles. The lowest BCUT2D eigenvalue weighted by atomic mass is 10.1. The van der Waals surface area contributed by atoms with E-state index in [4.69, 9.17) is 46.4 Å². The molecule has 1 N–H and O–H groups in total. The van der Waals surface area contributed by atoms with Crippen LogP contribution in [0.4, 0.5) is 5.69 Å². The highest BCUT2D eigenvalue weighted by Gasteiger charge is 2.13. The lowest BCUT2D eigenvalue weighted by Gasteiger charge is -2.19. The summed E-state index contributed by atoms with van der Waals surface area (Å²) in [7, 11) is 0. The van der Waals surface area contributed by atoms with Crippen LogP contribution in [-0.4, -0.2) is 0 Å². The molecule has 0 saturated carbocycles. The molecule has 1 nitrogen and oxygen atoms in total. The Labute approximate surface area is 138 Å². The average molecular weight is 349 g/mol. The van der Waals surface area contributed by atoms with Gasteiger partial charge in [0.25, 0.3) is 0 Å². The van der Waals surface area contributed by atoms with Crippen LogP contribution in [0, 0.1) is 6.92 Å². The highest BCUT2D eigenvalue weighted by molar-refractivity contribution is 6.42. The van der Waals surface area contributed by atoms with E-state index in [1.54, 1.807) is 6.07 Å². The normalized spacial score (nSPS) is 12.3. The topological polar surface area (TPSA) is 12.0 Å². The summed E-state index contributed by atoms with van der Waals surface area (Å²) in [5.41, 5.74) is 2.62. The summed E-state index contributed by atoms with van der Waals surface area (Å²) < 4.78 is 0. The van der Waals surface area contributed by atoms with E-state index in [1.807, 2.05) is 38.1 Å². The van der Waals surface area contributed by atoms with E-state index in [0.717, 1.165) is 16.8 Å². The third-order valence-corrected chi connectivity index (χ3v) is 4.62. The van der Waals surface area contributed by atoms with E-state index < -0.39 is 0 Å². The van der Waals surface area contributed by atoms with Gasteiger partial charge in [0.15, 0.2) is 0 Å². The quantitative estimate of drug-likeness (QED) is 0.644. The van der Waals surface area contributed by atoms with Crippen molar-refractivity contribution >= 4 is 52.1 Å². The van der Waals surface area contributed by atoms with Gasteiger partial charge in [-0.05, 0) is 43.2 Å². The minimum absolute atomic E-state index is 0.0440. The largest absolute Gasteiger partial charge is 0.377 e. The molecule has 0 fully saturated rings. The van der Waals surface area contributed by atoms with Crippen LogP contribution in [-0.2, 0) is 0 Å². The Morgan fingerprint density at radius 2 is 1.65 bits per heavy atom. The summed E-state index contributed by atoms with van der Waals surface area (Å²) in [5.74, 6) is 0. The van der Waals surface area contributed by atoms with E-state index in [-0.39, 0.29) is 6.04 Å². The van der Waals surface area contributed by atoms with Gasteiger partial charge in [-0.2, -0.15) is 0 Å². The summed E-state index contributed by atoms with van der Waals surface area (Å²) >= 11 is 24.6. The van der Waals surface area contributed by atoms with Gasteiger partial charge in [-0.1, -0.05) is 58.5 Å². The monoisotopic (exact) mass is 347 g/mol. The number of nitrogens with one attached hydrogen (secondary N) is 1. The summed E-state index contributed by atoms with van der Waals surface area (Å²) in [6.45, 7) is 3.90. The summed E-state index contributed by atoms with van der Waals surface area (Å²) in [5, 5.41) is 5.67. The number of benzene rings is 2. The van der Waals surface area contributed by atoms with Crippen LogP contribution in [0.5, 0.6) is 0 Å². The molecule has 0 radical (unpaired) electrons. The molecular weight excluding hydrogens is 336 g/mol. The molecule has 106 valence electrons. The van der Waals surface area contributed by atoms with E-state index in [1.165, 1.54) is 0 Å². The van der Waals surface area contributed by atoms with Gasteiger partial charge in [-0.25, -0.2) is 0 Å². The van der Waals surface area contributed by atoms with Gasteiger partial charge >= 0.3 is 0 Å². The molecule has 1 unspecified atom stereocenters. The molecule has 0 aliphatic heterocycles. The molecule has 0 aliphatic rings. The fraction of sp³-hybridized carbons (Fsp3) is 0.200. The molecular formula is C15H13Cl4N. The molecule has 0 aliphatic carbocycles. The Morgan fingerprint density at radius 3 is 2.35 bits per heavy atom. The van der Waals surface area contributed by atoms with Gasteiger partial charge < -0.3 is 5.32 Å². The van der Waals surface area contributed by atoms with Crippen molar-refractivity contribution < 1.29 is 0 Å². The van der Waals surface area contributed by atoms with E-state index in [9.17, 15) is 0 Å². The molecule has 0 spiro atoms.